The molecule has 0 saturated heterocycles. The third-order valence-corrected chi connectivity index (χ3v) is 6.74. The van der Waals surface area contributed by atoms with Crippen molar-refractivity contribution in [3.8, 4) is 5.69 Å². The van der Waals surface area contributed by atoms with Crippen LogP contribution in [0, 0.1) is 6.92 Å². The number of nitrogens with zero attached hydrogens (tertiary/aromatic N) is 3. The summed E-state index contributed by atoms with van der Waals surface area (Å²) < 4.78 is 27.1. The molecule has 168 valence electrons. The van der Waals surface area contributed by atoms with E-state index in [0.29, 0.717) is 30.0 Å². The van der Waals surface area contributed by atoms with Crippen LogP contribution in [0.15, 0.2) is 48.5 Å². The molecule has 1 aliphatic rings. The molecule has 0 unspecified atom stereocenters. The average molecular weight is 453 g/mol. The number of benzene rings is 2. The van der Waals surface area contributed by atoms with Crippen LogP contribution in [0.4, 0.5) is 11.5 Å². The largest absolute Gasteiger partial charge is 0.306 e. The van der Waals surface area contributed by atoms with Gasteiger partial charge >= 0.3 is 0 Å². The van der Waals surface area contributed by atoms with Gasteiger partial charge in [-0.3, -0.25) is 9.10 Å². The van der Waals surface area contributed by atoms with Gasteiger partial charge in [0, 0.05) is 23.6 Å². The number of sulfonamides is 1. The molecule has 1 aliphatic heterocycles. The molecular weight excluding hydrogens is 424 g/mol. The van der Waals surface area contributed by atoms with Crippen LogP contribution >= 0.6 is 0 Å². The maximum Gasteiger partial charge on any atom is 0.256 e. The van der Waals surface area contributed by atoms with Crippen molar-refractivity contribution in [2.45, 2.75) is 39.5 Å². The number of carbonyl (C=O) groups excluding carboxylic acids is 1. The van der Waals surface area contributed by atoms with Crippen LogP contribution in [0.3, 0.4) is 0 Å². The van der Waals surface area contributed by atoms with Crippen LogP contribution in [0.1, 0.15) is 48.0 Å². The fraction of sp³-hybridized carbons (Fsp3) is 0.333. The molecule has 1 aromatic heterocycles. The molecule has 1 N–H and O–H groups in total. The molecule has 0 radical (unpaired) electrons. The summed E-state index contributed by atoms with van der Waals surface area (Å²) in [6.45, 7) is 8.65. The van der Waals surface area contributed by atoms with Gasteiger partial charge in [0.05, 0.1) is 23.3 Å². The fourth-order valence-corrected chi connectivity index (χ4v) is 4.80. The number of aromatic nitrogens is 2. The lowest BCUT2D eigenvalue weighted by Crippen LogP contribution is -2.27. The third kappa shape index (κ3) is 4.27. The van der Waals surface area contributed by atoms with E-state index < -0.39 is 10.0 Å². The predicted octanol–water partition coefficient (Wildman–Crippen LogP) is 4.05. The molecular formula is C24H28N4O3S. The van der Waals surface area contributed by atoms with Crippen LogP contribution in [0.25, 0.3) is 5.69 Å². The first-order valence-corrected chi connectivity index (χ1v) is 12.4. The van der Waals surface area contributed by atoms with E-state index in [2.05, 4.69) is 26.1 Å². The summed E-state index contributed by atoms with van der Waals surface area (Å²) in [6.07, 6.45) is 1.78. The summed E-state index contributed by atoms with van der Waals surface area (Å²) in [5.41, 5.74) is 4.63. The number of aryl methyl sites for hydroxylation is 1. The molecule has 2 heterocycles. The van der Waals surface area contributed by atoms with E-state index in [1.165, 1.54) is 10.6 Å². The Labute approximate surface area is 189 Å². The van der Waals surface area contributed by atoms with Crippen molar-refractivity contribution in [3.63, 3.8) is 0 Å². The second kappa shape index (κ2) is 7.78. The smallest absolute Gasteiger partial charge is 0.256 e. The molecule has 0 spiro atoms. The highest BCUT2D eigenvalue weighted by Gasteiger charge is 2.27. The monoisotopic (exact) mass is 452 g/mol. The third-order valence-electron chi connectivity index (χ3n) is 5.56. The van der Waals surface area contributed by atoms with Crippen molar-refractivity contribution in [1.82, 2.24) is 9.78 Å². The van der Waals surface area contributed by atoms with Gasteiger partial charge in [-0.05, 0) is 54.8 Å². The zero-order valence-electron chi connectivity index (χ0n) is 19.0. The zero-order chi connectivity index (χ0) is 23.3. The zero-order valence-corrected chi connectivity index (χ0v) is 19.8. The van der Waals surface area contributed by atoms with E-state index in [-0.39, 0.29) is 11.3 Å². The van der Waals surface area contributed by atoms with E-state index in [1.807, 2.05) is 37.3 Å². The SMILES string of the molecule is Cc1cccc(-n2nc(C(C)(C)C)cc2NC(=O)c2ccc3c(c2)CCN3S(C)(=O)=O)c1. The highest BCUT2D eigenvalue weighted by Crippen LogP contribution is 2.31. The van der Waals surface area contributed by atoms with Crippen LogP contribution < -0.4 is 9.62 Å². The maximum absolute atomic E-state index is 13.1. The molecule has 0 atom stereocenters. The standard InChI is InChI=1S/C24H28N4O3S/c1-16-7-6-8-19(13-16)28-22(15-21(26-28)24(2,3)4)25-23(29)18-9-10-20-17(14-18)11-12-27(20)32(5,30)31/h6-10,13-15H,11-12H2,1-5H3,(H,25,29). The van der Waals surface area contributed by atoms with Crippen LogP contribution in [0.5, 0.6) is 0 Å². The van der Waals surface area contributed by atoms with E-state index in [1.54, 1.807) is 22.9 Å². The summed E-state index contributed by atoms with van der Waals surface area (Å²) in [5.74, 6) is 0.323. The number of hydrogen-bond acceptors (Lipinski definition) is 4. The Hall–Kier alpha value is -3.13. The number of carbonyl (C=O) groups is 1. The maximum atomic E-state index is 13.1. The van der Waals surface area contributed by atoms with Gasteiger partial charge in [0.15, 0.2) is 0 Å². The van der Waals surface area contributed by atoms with E-state index in [0.717, 1.165) is 22.5 Å². The normalized spacial score (nSPS) is 13.8. The van der Waals surface area contributed by atoms with Gasteiger partial charge in [-0.2, -0.15) is 5.10 Å². The molecule has 32 heavy (non-hydrogen) atoms. The molecule has 0 aliphatic carbocycles. The number of hydrogen-bond donors (Lipinski definition) is 1. The Bertz CT molecular complexity index is 1300. The predicted molar refractivity (Wildman–Crippen MR) is 127 cm³/mol. The molecule has 8 heteroatoms. The Morgan fingerprint density at radius 3 is 2.50 bits per heavy atom. The van der Waals surface area contributed by atoms with Gasteiger partial charge in [0.25, 0.3) is 5.91 Å². The molecule has 0 fully saturated rings. The summed E-state index contributed by atoms with van der Waals surface area (Å²) >= 11 is 0. The van der Waals surface area contributed by atoms with Crippen molar-refractivity contribution in [1.29, 1.82) is 0 Å². The van der Waals surface area contributed by atoms with Crippen LogP contribution in [0.2, 0.25) is 0 Å². The van der Waals surface area contributed by atoms with Crippen LogP contribution in [-0.4, -0.2) is 36.9 Å². The summed E-state index contributed by atoms with van der Waals surface area (Å²) in [7, 11) is -3.33. The van der Waals surface area contributed by atoms with Gasteiger partial charge in [-0.25, -0.2) is 13.1 Å². The average Bonchev–Trinajstić information content (AvgIpc) is 3.31. The van der Waals surface area contributed by atoms with Gasteiger partial charge in [-0.1, -0.05) is 32.9 Å². The highest BCUT2D eigenvalue weighted by atomic mass is 32.2. The Morgan fingerprint density at radius 1 is 1.09 bits per heavy atom. The van der Waals surface area contributed by atoms with Gasteiger partial charge < -0.3 is 5.32 Å². The first-order valence-electron chi connectivity index (χ1n) is 10.5. The topological polar surface area (TPSA) is 84.3 Å². The fourth-order valence-electron chi connectivity index (χ4n) is 3.84. The second-order valence-corrected chi connectivity index (χ2v) is 11.2. The van der Waals surface area contributed by atoms with Crippen LogP contribution in [-0.2, 0) is 21.9 Å². The molecule has 1 amide bonds. The lowest BCUT2D eigenvalue weighted by molar-refractivity contribution is 0.102. The van der Waals surface area contributed by atoms with E-state index in [9.17, 15) is 13.2 Å². The number of anilines is 2. The minimum absolute atomic E-state index is 0.183. The quantitative estimate of drug-likeness (QED) is 0.647. The first kappa shape index (κ1) is 22.1. The summed E-state index contributed by atoms with van der Waals surface area (Å²) in [6, 6.07) is 15.0. The lowest BCUT2D eigenvalue weighted by atomic mass is 9.92. The van der Waals surface area contributed by atoms with Crippen molar-refractivity contribution >= 4 is 27.4 Å². The second-order valence-electron chi connectivity index (χ2n) is 9.30. The van der Waals surface area contributed by atoms with Crippen molar-refractivity contribution < 1.29 is 13.2 Å². The molecule has 0 saturated carbocycles. The molecule has 4 rings (SSSR count). The van der Waals surface area contributed by atoms with Gasteiger partial charge in [0.2, 0.25) is 10.0 Å². The number of amides is 1. The van der Waals surface area contributed by atoms with Crippen molar-refractivity contribution in [2.75, 3.05) is 22.4 Å². The first-order chi connectivity index (χ1) is 14.9. The minimum atomic E-state index is -3.33. The number of rotatable bonds is 4. The van der Waals surface area contributed by atoms with Crippen molar-refractivity contribution in [3.05, 3.63) is 70.9 Å². The van der Waals surface area contributed by atoms with Gasteiger partial charge in [-0.15, -0.1) is 0 Å². The highest BCUT2D eigenvalue weighted by molar-refractivity contribution is 7.92. The van der Waals surface area contributed by atoms with Gasteiger partial charge in [0.1, 0.15) is 5.82 Å². The Kier molecular flexibility index (Phi) is 5.36. The van der Waals surface area contributed by atoms with Crippen molar-refractivity contribution in [2.24, 2.45) is 0 Å². The van der Waals surface area contributed by atoms with E-state index >= 15 is 0 Å². The lowest BCUT2D eigenvalue weighted by Gasteiger charge is -2.16. The minimum Gasteiger partial charge on any atom is -0.306 e. The number of nitrogens with one attached hydrogen (secondary N) is 1. The molecule has 7 nitrogen and oxygen atoms in total. The Balaban J connectivity index is 1.67. The Morgan fingerprint density at radius 2 is 1.84 bits per heavy atom. The van der Waals surface area contributed by atoms with E-state index in [4.69, 9.17) is 5.10 Å². The summed E-state index contributed by atoms with van der Waals surface area (Å²) in [5, 5.41) is 7.76. The molecule has 0 bridgehead atoms. The number of fused-ring (bicyclic) bond motifs is 1. The summed E-state index contributed by atoms with van der Waals surface area (Å²) in [4.78, 5) is 13.1. The molecule has 2 aromatic carbocycles. The molecule has 3 aromatic rings.